The molecular weight excluding hydrogens is 316 g/mol. The quantitative estimate of drug-likeness (QED) is 0.868. The lowest BCUT2D eigenvalue weighted by Gasteiger charge is -2.18. The third-order valence-electron chi connectivity index (χ3n) is 3.01. The van der Waals surface area contributed by atoms with Crippen molar-refractivity contribution < 1.29 is 4.74 Å². The van der Waals surface area contributed by atoms with E-state index in [1.807, 2.05) is 31.4 Å². The number of nitrogens with zero attached hydrogens (tertiary/aromatic N) is 1. The summed E-state index contributed by atoms with van der Waals surface area (Å²) in [6.07, 6.45) is 4.62. The Hall–Kier alpha value is -1.39. The highest BCUT2D eigenvalue weighted by Gasteiger charge is 2.13. The number of pyridine rings is 1. The molecule has 0 spiro atoms. The minimum absolute atomic E-state index is 0.102. The molecule has 1 atom stereocenters. The van der Waals surface area contributed by atoms with Crippen LogP contribution in [0.15, 0.2) is 47.2 Å². The van der Waals surface area contributed by atoms with Gasteiger partial charge in [0.25, 0.3) is 0 Å². The van der Waals surface area contributed by atoms with Gasteiger partial charge in [-0.25, -0.2) is 0 Å². The second-order valence-corrected chi connectivity index (χ2v) is 5.49. The van der Waals surface area contributed by atoms with E-state index in [1.54, 1.807) is 6.20 Å². The summed E-state index contributed by atoms with van der Waals surface area (Å²) in [5, 5.41) is 3.33. The van der Waals surface area contributed by atoms with Gasteiger partial charge in [0.1, 0.15) is 5.75 Å². The van der Waals surface area contributed by atoms with Crippen molar-refractivity contribution in [2.24, 2.45) is 0 Å². The smallest absolute Gasteiger partial charge is 0.137 e. The molecule has 0 aliphatic carbocycles. The Labute approximate surface area is 128 Å². The average Bonchev–Trinajstić information content (AvgIpc) is 2.46. The lowest BCUT2D eigenvalue weighted by atomic mass is 10.0. The van der Waals surface area contributed by atoms with Crippen molar-refractivity contribution in [2.45, 2.75) is 19.4 Å². The van der Waals surface area contributed by atoms with Crippen LogP contribution in [0.25, 0.3) is 0 Å². The van der Waals surface area contributed by atoms with Crippen molar-refractivity contribution in [3.63, 3.8) is 0 Å². The fourth-order valence-corrected chi connectivity index (χ4v) is 2.52. The molecule has 0 aliphatic rings. The zero-order chi connectivity index (χ0) is 14.4. The van der Waals surface area contributed by atoms with E-state index >= 15 is 0 Å². The summed E-state index contributed by atoms with van der Waals surface area (Å²) in [5.74, 6) is 0.819. The van der Waals surface area contributed by atoms with Crippen molar-refractivity contribution in [3.05, 3.63) is 58.3 Å². The molecule has 0 fully saturated rings. The van der Waals surface area contributed by atoms with E-state index in [4.69, 9.17) is 4.74 Å². The molecule has 106 valence electrons. The van der Waals surface area contributed by atoms with Crippen LogP contribution in [0.3, 0.4) is 0 Å². The Morgan fingerprint density at radius 1 is 1.25 bits per heavy atom. The zero-order valence-electron chi connectivity index (χ0n) is 11.8. The summed E-state index contributed by atoms with van der Waals surface area (Å²) in [6.45, 7) is 2.81. The molecule has 2 aromatic rings. The summed E-state index contributed by atoms with van der Waals surface area (Å²) < 4.78 is 6.72. The normalized spacial score (nSPS) is 12.2. The number of nitrogens with one attached hydrogen (secondary N) is 1. The van der Waals surface area contributed by atoms with Crippen molar-refractivity contribution in [1.82, 2.24) is 10.3 Å². The van der Waals surface area contributed by atoms with Gasteiger partial charge >= 0.3 is 0 Å². The molecule has 1 heterocycles. The van der Waals surface area contributed by atoms with Crippen molar-refractivity contribution in [1.29, 1.82) is 0 Å². The molecule has 1 aromatic heterocycles. The fourth-order valence-electron chi connectivity index (χ4n) is 2.10. The Morgan fingerprint density at radius 3 is 2.80 bits per heavy atom. The van der Waals surface area contributed by atoms with Gasteiger partial charge in [-0.15, -0.1) is 0 Å². The van der Waals surface area contributed by atoms with Gasteiger partial charge in [0.2, 0.25) is 0 Å². The predicted octanol–water partition coefficient (Wildman–Crippen LogP) is 3.94. The van der Waals surface area contributed by atoms with Gasteiger partial charge in [-0.3, -0.25) is 4.98 Å². The van der Waals surface area contributed by atoms with Crippen LogP contribution in [-0.2, 0) is 0 Å². The number of benzene rings is 1. The van der Waals surface area contributed by atoms with Gasteiger partial charge in [0.15, 0.2) is 0 Å². The van der Waals surface area contributed by atoms with E-state index in [0.717, 1.165) is 22.2 Å². The largest absolute Gasteiger partial charge is 0.492 e. The maximum atomic E-state index is 5.65. The number of halogens is 1. The highest BCUT2D eigenvalue weighted by Crippen LogP contribution is 2.26. The van der Waals surface area contributed by atoms with Crippen molar-refractivity contribution in [3.8, 4) is 5.75 Å². The van der Waals surface area contributed by atoms with Gasteiger partial charge in [0.05, 0.1) is 18.8 Å². The third kappa shape index (κ3) is 3.81. The minimum Gasteiger partial charge on any atom is -0.492 e. The standard InChI is InChI=1S/C16H19BrN2O/c1-3-7-20-15-9-13(10-19-11-15)16(18-2)12-5-4-6-14(17)8-12/h4-6,8-11,16,18H,3,7H2,1-2H3. The fraction of sp³-hybridized carbons (Fsp3) is 0.312. The van der Waals surface area contributed by atoms with Crippen molar-refractivity contribution >= 4 is 15.9 Å². The third-order valence-corrected chi connectivity index (χ3v) is 3.50. The van der Waals surface area contributed by atoms with Crippen LogP contribution in [0.2, 0.25) is 0 Å². The number of ether oxygens (including phenoxy) is 1. The maximum Gasteiger partial charge on any atom is 0.137 e. The molecule has 4 heteroatoms. The van der Waals surface area contributed by atoms with E-state index < -0.39 is 0 Å². The molecule has 0 bridgehead atoms. The van der Waals surface area contributed by atoms with Gasteiger partial charge < -0.3 is 10.1 Å². The molecule has 3 nitrogen and oxygen atoms in total. The van der Waals surface area contributed by atoms with Crippen LogP contribution in [0, 0.1) is 0 Å². The molecule has 0 radical (unpaired) electrons. The first-order valence-corrected chi connectivity index (χ1v) is 7.54. The highest BCUT2D eigenvalue weighted by atomic mass is 79.9. The van der Waals surface area contributed by atoms with Crippen LogP contribution in [-0.4, -0.2) is 18.6 Å². The SMILES string of the molecule is CCCOc1cncc(C(NC)c2cccc(Br)c2)c1. The van der Waals surface area contributed by atoms with E-state index in [0.29, 0.717) is 6.61 Å². The first-order valence-electron chi connectivity index (χ1n) is 6.75. The second kappa shape index (κ2) is 7.41. The Bertz CT molecular complexity index is 560. The number of aromatic nitrogens is 1. The summed E-state index contributed by atoms with van der Waals surface area (Å²) in [6, 6.07) is 10.4. The predicted molar refractivity (Wildman–Crippen MR) is 85.1 cm³/mol. The summed E-state index contributed by atoms with van der Waals surface area (Å²) in [5.41, 5.74) is 2.29. The molecular formula is C16H19BrN2O. The van der Waals surface area contributed by atoms with Crippen LogP contribution < -0.4 is 10.1 Å². The number of hydrogen-bond acceptors (Lipinski definition) is 3. The van der Waals surface area contributed by atoms with Crippen molar-refractivity contribution in [2.75, 3.05) is 13.7 Å². The molecule has 0 amide bonds. The van der Waals surface area contributed by atoms with Crippen LogP contribution in [0.1, 0.15) is 30.5 Å². The van der Waals surface area contributed by atoms with E-state index in [-0.39, 0.29) is 6.04 Å². The molecule has 1 aromatic carbocycles. The lowest BCUT2D eigenvalue weighted by molar-refractivity contribution is 0.315. The lowest BCUT2D eigenvalue weighted by Crippen LogP contribution is -2.18. The minimum atomic E-state index is 0.102. The molecule has 20 heavy (non-hydrogen) atoms. The summed E-state index contributed by atoms with van der Waals surface area (Å²) in [7, 11) is 1.95. The monoisotopic (exact) mass is 334 g/mol. The number of hydrogen-bond donors (Lipinski definition) is 1. The van der Waals surface area contributed by atoms with Crippen LogP contribution in [0.4, 0.5) is 0 Å². The molecule has 0 saturated heterocycles. The van der Waals surface area contributed by atoms with Gasteiger partial charge in [0, 0.05) is 10.7 Å². The van der Waals surface area contributed by atoms with E-state index in [9.17, 15) is 0 Å². The summed E-state index contributed by atoms with van der Waals surface area (Å²) in [4.78, 5) is 4.28. The van der Waals surface area contributed by atoms with E-state index in [1.165, 1.54) is 5.56 Å². The Balaban J connectivity index is 2.27. The van der Waals surface area contributed by atoms with Gasteiger partial charge in [-0.2, -0.15) is 0 Å². The topological polar surface area (TPSA) is 34.1 Å². The van der Waals surface area contributed by atoms with E-state index in [2.05, 4.69) is 45.3 Å². The highest BCUT2D eigenvalue weighted by molar-refractivity contribution is 9.10. The first kappa shape index (κ1) is 15.0. The molecule has 0 saturated carbocycles. The molecule has 1 N–H and O–H groups in total. The van der Waals surface area contributed by atoms with Crippen LogP contribution in [0.5, 0.6) is 5.75 Å². The average molecular weight is 335 g/mol. The van der Waals surface area contributed by atoms with Gasteiger partial charge in [-0.1, -0.05) is 35.0 Å². The van der Waals surface area contributed by atoms with Crippen LogP contribution >= 0.6 is 15.9 Å². The Morgan fingerprint density at radius 2 is 2.10 bits per heavy atom. The molecule has 0 aliphatic heterocycles. The van der Waals surface area contributed by atoms with Gasteiger partial charge in [-0.05, 0) is 42.8 Å². The first-order chi connectivity index (χ1) is 9.74. The zero-order valence-corrected chi connectivity index (χ0v) is 13.4. The number of rotatable bonds is 6. The maximum absolute atomic E-state index is 5.65. The second-order valence-electron chi connectivity index (χ2n) is 4.58. The Kier molecular flexibility index (Phi) is 5.56. The molecule has 2 rings (SSSR count). The summed E-state index contributed by atoms with van der Waals surface area (Å²) >= 11 is 3.51. The molecule has 1 unspecified atom stereocenters.